The number of amides is 1. The van der Waals surface area contributed by atoms with Gasteiger partial charge in [-0.2, -0.15) is 4.31 Å². The number of carbonyl (C=O) groups is 1. The molecule has 2 aliphatic rings. The summed E-state index contributed by atoms with van der Waals surface area (Å²) in [5.74, 6) is -0.675. The molecule has 13 atom stereocenters. The monoisotopic (exact) mass is 1770 g/mol. The third kappa shape index (κ3) is 56.4. The molecule has 2 heterocycles. The Morgan fingerprint density at radius 1 is 0.355 bits per heavy atom. The number of aliphatic hydroxyl groups is 5. The van der Waals surface area contributed by atoms with E-state index in [1.165, 1.54) is 108 Å². The van der Waals surface area contributed by atoms with Gasteiger partial charge in [-0.25, -0.2) is 13.5 Å². The number of alkyl halides is 1. The second-order valence-corrected chi connectivity index (χ2v) is 39.3. The first kappa shape index (κ1) is 115. The van der Waals surface area contributed by atoms with Crippen molar-refractivity contribution in [1.82, 2.24) is 5.32 Å². The molecule has 0 radical (unpaired) electrons. The molecule has 0 aromatic heterocycles. The molecule has 1 amide bonds. The van der Waals surface area contributed by atoms with E-state index < -0.39 is 96.2 Å². The van der Waals surface area contributed by atoms with E-state index in [4.69, 9.17) is 23.3 Å². The predicted octanol–water partition coefficient (Wildman–Crippen LogP) is 27.4. The third-order valence-corrected chi connectivity index (χ3v) is 26.0. The van der Waals surface area contributed by atoms with Gasteiger partial charge in [0.15, 0.2) is 12.5 Å². The van der Waals surface area contributed by atoms with Crippen LogP contribution in [0.3, 0.4) is 0 Å². The molecular formula is C104H172FNO16P2. The standard InChI is InChI=1S/C104H172FNO16P2/c1-76(2)38-21-39-77(3)40-22-41-78(4)42-23-43-79(5)44-24-45-80(6)46-25-47-81(7)48-26-49-82(8)50-27-51-83(9)52-28-53-84(10)54-29-55-85(11)56-30-57-86(12)58-31-59-87(13)60-32-61-88(14)62-33-63-89(15)64-34-65-90(16)66-35-67-91(17)68-36-69-92(18)70-37-71-93(19)72-73-117-123(113,114)122-124(115,116)121-103-97(105)100(111)102(96(75-108)119-103)120-104-98(106-94(20)109)101(112)99(110)95(74-107)118-104/h38,40,42,44,46,48,50,52,54,56,58,60,62,64,66,68,70,93,95-104,107-108,110-112H,21-37,39,41,43,45,47,49,51,53,55,57,59,61,63,65,67,69,71-75H2,1-20H3,(H,106,109)(H,113,114)(H,115,116)/b77-40+,78-42+,79-44-,80-46-,81-48-,82-50-,83-52-,84-54-,85-56-,86-58-,87-60-,88-62-,89-64-,90-66-,91-68-,92-70-/t93-,95+,96+,97+,98+,99+,100+,101+,102+,103+,104-/m0/s1. The number of nitrogens with one attached hydrogen (secondary N) is 1. The molecule has 124 heavy (non-hydrogen) atoms. The summed E-state index contributed by atoms with van der Waals surface area (Å²) in [5.41, 5.74) is 25.0. The molecule has 706 valence electrons. The van der Waals surface area contributed by atoms with Crippen molar-refractivity contribution < 1.29 is 81.2 Å². The SMILES string of the molecule is CC(=O)N[C@H]1[C@H](O[C@H]2[C@H](O)[C@@H](F)[C@@H](OP(=O)(O)OP(=O)(O)OCC[C@@H](C)CC/C=C(/C)CC/C=C(/C)CC/C=C(/C)CC/C=C(/C)CC/C=C(/C)CC/C=C(/C)CC/C=C(/C)CC/C=C(/C)CC/C=C(/C)CC/C=C(/C)CC/C=C(/C)CC/C=C(/C)CC/C=C(/C)CC/C=C(/C)CC/C=C(\C)CC/C=C(\C)CCC=C(C)C)O[C@@H]2CO)O[C@H](CO)[C@@H](O)[C@@H]1O. The summed E-state index contributed by atoms with van der Waals surface area (Å²) in [6.07, 6.45) is 60.7. The zero-order chi connectivity index (χ0) is 92.6. The lowest BCUT2D eigenvalue weighted by Gasteiger charge is -2.46. The molecule has 0 aliphatic carbocycles. The lowest BCUT2D eigenvalue weighted by molar-refractivity contribution is -0.332. The molecular weight excluding hydrogens is 1600 g/mol. The molecule has 0 aromatic carbocycles. The van der Waals surface area contributed by atoms with Crippen molar-refractivity contribution in [3.05, 3.63) is 198 Å². The first-order chi connectivity index (χ1) is 58.7. The summed E-state index contributed by atoms with van der Waals surface area (Å²) in [6.45, 7) is 41.5. The van der Waals surface area contributed by atoms with Crippen LogP contribution in [0.1, 0.15) is 363 Å². The van der Waals surface area contributed by atoms with E-state index in [1.54, 1.807) is 0 Å². The van der Waals surface area contributed by atoms with Crippen LogP contribution in [0.5, 0.6) is 0 Å². The number of allylic oxidation sites excluding steroid dienone is 34. The average Bonchev–Trinajstić information content (AvgIpc) is 0.778. The Morgan fingerprint density at radius 3 is 0.855 bits per heavy atom. The minimum Gasteiger partial charge on any atom is -0.394 e. The van der Waals surface area contributed by atoms with Crippen LogP contribution in [0.15, 0.2) is 198 Å². The lowest BCUT2D eigenvalue weighted by Crippen LogP contribution is -2.67. The highest BCUT2D eigenvalue weighted by atomic mass is 31.3. The second kappa shape index (κ2) is 66.3. The Bertz CT molecular complexity index is 3770. The van der Waals surface area contributed by atoms with Crippen molar-refractivity contribution >= 4 is 21.6 Å². The number of halogens is 1. The molecule has 20 heteroatoms. The van der Waals surface area contributed by atoms with Crippen molar-refractivity contribution in [1.29, 1.82) is 0 Å². The zero-order valence-corrected chi connectivity index (χ0v) is 82.4. The van der Waals surface area contributed by atoms with Gasteiger partial charge < -0.3 is 54.8 Å². The van der Waals surface area contributed by atoms with Crippen LogP contribution in [0.4, 0.5) is 4.39 Å². The van der Waals surface area contributed by atoms with E-state index in [2.05, 4.69) is 238 Å². The molecule has 8 N–H and O–H groups in total. The van der Waals surface area contributed by atoms with E-state index in [-0.39, 0.29) is 12.5 Å². The van der Waals surface area contributed by atoms with Gasteiger partial charge in [-0.3, -0.25) is 13.8 Å². The summed E-state index contributed by atoms with van der Waals surface area (Å²) in [7, 11) is -10.9. The molecule has 0 aromatic rings. The maximum atomic E-state index is 15.6. The minimum atomic E-state index is -5.66. The number of aliphatic hydroxyl groups excluding tert-OH is 5. The van der Waals surface area contributed by atoms with Gasteiger partial charge in [-0.05, 0) is 355 Å². The fourth-order valence-electron chi connectivity index (χ4n) is 14.9. The average molecular weight is 1770 g/mol. The molecule has 2 rings (SSSR count). The summed E-state index contributed by atoms with van der Waals surface area (Å²) < 4.78 is 71.5. The summed E-state index contributed by atoms with van der Waals surface area (Å²) in [4.78, 5) is 32.5. The Hall–Kier alpha value is -5.08. The normalized spacial score (nSPS) is 23.0. The van der Waals surface area contributed by atoms with Crippen LogP contribution >= 0.6 is 15.6 Å². The van der Waals surface area contributed by atoms with Gasteiger partial charge in [0.1, 0.15) is 42.7 Å². The molecule has 0 bridgehead atoms. The van der Waals surface area contributed by atoms with Gasteiger partial charge in [0.2, 0.25) is 12.2 Å². The number of ether oxygens (including phenoxy) is 3. The smallest absolute Gasteiger partial charge is 0.394 e. The number of hydrogen-bond acceptors (Lipinski definition) is 14. The van der Waals surface area contributed by atoms with Gasteiger partial charge in [-0.15, -0.1) is 0 Å². The quantitative estimate of drug-likeness (QED) is 0.0208. The number of hydrogen-bond donors (Lipinski definition) is 8. The highest BCUT2D eigenvalue weighted by Gasteiger charge is 2.54. The number of phosphoric ester groups is 2. The van der Waals surface area contributed by atoms with Crippen molar-refractivity contribution in [2.45, 2.75) is 425 Å². The molecule has 0 saturated carbocycles. The fraction of sp³-hybridized carbons (Fsp3) is 0.663. The van der Waals surface area contributed by atoms with Crippen LogP contribution in [-0.2, 0) is 41.5 Å². The van der Waals surface area contributed by atoms with Crippen LogP contribution in [0, 0.1) is 5.92 Å². The van der Waals surface area contributed by atoms with Gasteiger partial charge in [0, 0.05) is 6.92 Å². The Balaban J connectivity index is 1.57. The van der Waals surface area contributed by atoms with E-state index in [0.29, 0.717) is 6.42 Å². The first-order valence-electron chi connectivity index (χ1n) is 46.7. The van der Waals surface area contributed by atoms with Crippen LogP contribution in [0.25, 0.3) is 0 Å². The van der Waals surface area contributed by atoms with Gasteiger partial charge >= 0.3 is 15.6 Å². The number of rotatable bonds is 64. The second-order valence-electron chi connectivity index (χ2n) is 36.3. The van der Waals surface area contributed by atoms with Crippen molar-refractivity contribution in [3.63, 3.8) is 0 Å². The van der Waals surface area contributed by atoms with Crippen molar-refractivity contribution in [3.8, 4) is 0 Å². The fourth-order valence-corrected chi connectivity index (χ4v) is 17.0. The van der Waals surface area contributed by atoms with E-state index in [0.717, 1.165) is 212 Å². The molecule has 2 aliphatic heterocycles. The van der Waals surface area contributed by atoms with Gasteiger partial charge in [0.05, 0.1) is 19.8 Å². The Kier molecular flexibility index (Phi) is 61.5. The molecule has 2 unspecified atom stereocenters. The lowest BCUT2D eigenvalue weighted by atomic mass is 9.95. The summed E-state index contributed by atoms with van der Waals surface area (Å²) >= 11 is 0. The Morgan fingerprint density at radius 2 is 0.605 bits per heavy atom. The van der Waals surface area contributed by atoms with Gasteiger partial charge in [-0.1, -0.05) is 205 Å². The number of phosphoric acid groups is 2. The molecule has 17 nitrogen and oxygen atoms in total. The number of carbonyl (C=O) groups excluding carboxylic acids is 1. The van der Waals surface area contributed by atoms with Crippen LogP contribution < -0.4 is 5.32 Å². The molecule has 2 saturated heterocycles. The van der Waals surface area contributed by atoms with Gasteiger partial charge in [0.25, 0.3) is 0 Å². The third-order valence-electron chi connectivity index (χ3n) is 23.3. The molecule has 0 spiro atoms. The predicted molar refractivity (Wildman–Crippen MR) is 515 cm³/mol. The maximum Gasteiger partial charge on any atom is 0.483 e. The Labute approximate surface area is 752 Å². The summed E-state index contributed by atoms with van der Waals surface area (Å²) in [6, 6.07) is -1.51. The van der Waals surface area contributed by atoms with E-state index >= 15 is 4.39 Å². The van der Waals surface area contributed by atoms with E-state index in [9.17, 15) is 49.2 Å². The highest BCUT2D eigenvalue weighted by molar-refractivity contribution is 7.61. The van der Waals surface area contributed by atoms with Crippen LogP contribution in [0.2, 0.25) is 0 Å². The minimum absolute atomic E-state index is 0.0259. The van der Waals surface area contributed by atoms with Crippen LogP contribution in [-0.4, -0.2) is 122 Å². The topological polar surface area (TPSA) is 260 Å². The van der Waals surface area contributed by atoms with Crippen molar-refractivity contribution in [2.24, 2.45) is 5.92 Å². The first-order valence-corrected chi connectivity index (χ1v) is 49.7. The largest absolute Gasteiger partial charge is 0.483 e. The van der Waals surface area contributed by atoms with E-state index in [1.807, 2.05) is 6.92 Å². The summed E-state index contributed by atoms with van der Waals surface area (Å²) in [5, 5.41) is 53.7. The zero-order valence-electron chi connectivity index (χ0n) is 80.6. The molecule has 2 fully saturated rings. The highest BCUT2D eigenvalue weighted by Crippen LogP contribution is 2.61. The maximum absolute atomic E-state index is 15.6. The van der Waals surface area contributed by atoms with Crippen molar-refractivity contribution in [2.75, 3.05) is 19.8 Å².